The van der Waals surface area contributed by atoms with Crippen molar-refractivity contribution in [3.05, 3.63) is 36.0 Å². The van der Waals surface area contributed by atoms with Gasteiger partial charge in [-0.25, -0.2) is 9.59 Å². The molecule has 2 amide bonds. The summed E-state index contributed by atoms with van der Waals surface area (Å²) >= 11 is 0. The molecule has 90 valence electrons. The van der Waals surface area contributed by atoms with E-state index in [2.05, 4.69) is 11.9 Å². The van der Waals surface area contributed by atoms with Crippen molar-refractivity contribution in [2.45, 2.75) is 6.92 Å². The molecule has 0 aliphatic rings. The standard InChI is InChI=1S/C11H12N2O4/c1-6-3-4-8(5-9(6)14)13-11(17)12-7(2)10(15)16/h3-5,14H,2H2,1H3,(H,15,16)(H2,12,13,17). The first-order valence-corrected chi connectivity index (χ1v) is 4.70. The summed E-state index contributed by atoms with van der Waals surface area (Å²) in [5.41, 5.74) is 0.591. The highest BCUT2D eigenvalue weighted by molar-refractivity contribution is 5.97. The number of carboxylic acids is 1. The molecule has 6 nitrogen and oxygen atoms in total. The number of carbonyl (C=O) groups excluding carboxylic acids is 1. The Hall–Kier alpha value is -2.50. The number of nitrogens with one attached hydrogen (secondary N) is 2. The third-order valence-corrected chi connectivity index (χ3v) is 1.99. The van der Waals surface area contributed by atoms with Gasteiger partial charge in [0, 0.05) is 11.8 Å². The van der Waals surface area contributed by atoms with Crippen LogP contribution in [0.15, 0.2) is 30.5 Å². The van der Waals surface area contributed by atoms with Gasteiger partial charge in [0.05, 0.1) is 0 Å². The second-order valence-electron chi connectivity index (χ2n) is 3.36. The van der Waals surface area contributed by atoms with E-state index in [0.717, 1.165) is 0 Å². The van der Waals surface area contributed by atoms with E-state index in [1.807, 2.05) is 5.32 Å². The molecule has 0 aromatic heterocycles. The van der Waals surface area contributed by atoms with Crippen molar-refractivity contribution in [3.8, 4) is 5.75 Å². The summed E-state index contributed by atoms with van der Waals surface area (Å²) in [6, 6.07) is 3.83. The number of amides is 2. The van der Waals surface area contributed by atoms with Crippen molar-refractivity contribution in [2.75, 3.05) is 5.32 Å². The SMILES string of the molecule is C=C(NC(=O)Nc1ccc(C)c(O)c1)C(=O)O. The molecule has 0 unspecified atom stereocenters. The number of hydrogen-bond donors (Lipinski definition) is 4. The Balaban J connectivity index is 2.65. The average molecular weight is 236 g/mol. The zero-order valence-electron chi connectivity index (χ0n) is 9.15. The summed E-state index contributed by atoms with van der Waals surface area (Å²) < 4.78 is 0. The molecular weight excluding hydrogens is 224 g/mol. The van der Waals surface area contributed by atoms with Crippen molar-refractivity contribution in [1.82, 2.24) is 5.32 Å². The Bertz CT molecular complexity index is 482. The molecule has 1 aromatic carbocycles. The number of phenolic OH excluding ortho intramolecular Hbond substituents is 1. The van der Waals surface area contributed by atoms with Gasteiger partial charge in [0.15, 0.2) is 0 Å². The second kappa shape index (κ2) is 5.02. The van der Waals surface area contributed by atoms with Crippen LogP contribution in [0.3, 0.4) is 0 Å². The Morgan fingerprint density at radius 1 is 1.35 bits per heavy atom. The van der Waals surface area contributed by atoms with Gasteiger partial charge in [-0.2, -0.15) is 0 Å². The Labute approximate surface area is 97.6 Å². The molecule has 0 bridgehead atoms. The number of hydrogen-bond acceptors (Lipinski definition) is 3. The Kier molecular flexibility index (Phi) is 3.71. The van der Waals surface area contributed by atoms with Gasteiger partial charge >= 0.3 is 12.0 Å². The predicted molar refractivity (Wildman–Crippen MR) is 61.8 cm³/mol. The number of phenols is 1. The van der Waals surface area contributed by atoms with Gasteiger partial charge in [0.2, 0.25) is 0 Å². The molecule has 1 aromatic rings. The summed E-state index contributed by atoms with van der Waals surface area (Å²) in [5.74, 6) is -1.27. The largest absolute Gasteiger partial charge is 0.508 e. The van der Waals surface area contributed by atoms with Crippen LogP contribution in [0.1, 0.15) is 5.56 Å². The topological polar surface area (TPSA) is 98.7 Å². The highest BCUT2D eigenvalue weighted by atomic mass is 16.4. The normalized spacial score (nSPS) is 9.47. The lowest BCUT2D eigenvalue weighted by molar-refractivity contribution is -0.132. The molecule has 4 N–H and O–H groups in total. The van der Waals surface area contributed by atoms with E-state index in [1.165, 1.54) is 6.07 Å². The lowest BCUT2D eigenvalue weighted by atomic mass is 10.2. The molecule has 0 heterocycles. The summed E-state index contributed by atoms with van der Waals surface area (Å²) in [7, 11) is 0. The van der Waals surface area contributed by atoms with E-state index >= 15 is 0 Å². The quantitative estimate of drug-likeness (QED) is 0.596. The maximum atomic E-state index is 11.3. The number of carboxylic acid groups (broad SMARTS) is 1. The summed E-state index contributed by atoms with van der Waals surface area (Å²) in [5, 5.41) is 22.3. The van der Waals surface area contributed by atoms with Gasteiger partial charge in [-0.1, -0.05) is 12.6 Å². The van der Waals surface area contributed by atoms with Crippen LogP contribution in [-0.2, 0) is 4.79 Å². The molecule has 1 rings (SSSR count). The second-order valence-corrected chi connectivity index (χ2v) is 3.36. The number of aliphatic carboxylic acids is 1. The number of rotatable bonds is 3. The van der Waals surface area contributed by atoms with Crippen molar-refractivity contribution in [3.63, 3.8) is 0 Å². The van der Waals surface area contributed by atoms with E-state index in [4.69, 9.17) is 5.11 Å². The van der Waals surface area contributed by atoms with Crippen LogP contribution in [0.5, 0.6) is 5.75 Å². The van der Waals surface area contributed by atoms with Gasteiger partial charge in [-0.05, 0) is 18.6 Å². The van der Waals surface area contributed by atoms with Crippen LogP contribution in [0.4, 0.5) is 10.5 Å². The van der Waals surface area contributed by atoms with Crippen LogP contribution < -0.4 is 10.6 Å². The van der Waals surface area contributed by atoms with E-state index < -0.39 is 17.7 Å². The number of aromatic hydroxyl groups is 1. The van der Waals surface area contributed by atoms with Gasteiger partial charge in [0.1, 0.15) is 11.4 Å². The minimum atomic E-state index is -1.31. The minimum absolute atomic E-state index is 0.0415. The van der Waals surface area contributed by atoms with Crippen molar-refractivity contribution < 1.29 is 19.8 Å². The number of aryl methyl sites for hydroxylation is 1. The maximum Gasteiger partial charge on any atom is 0.351 e. The van der Waals surface area contributed by atoms with Crippen LogP contribution in [-0.4, -0.2) is 22.2 Å². The highest BCUT2D eigenvalue weighted by Crippen LogP contribution is 2.20. The summed E-state index contributed by atoms with van der Waals surface area (Å²) in [6.45, 7) is 4.86. The zero-order valence-corrected chi connectivity index (χ0v) is 9.15. The molecule has 0 atom stereocenters. The van der Waals surface area contributed by atoms with Crippen LogP contribution >= 0.6 is 0 Å². The number of carbonyl (C=O) groups is 2. The van der Waals surface area contributed by atoms with Gasteiger partial charge < -0.3 is 20.8 Å². The average Bonchev–Trinajstić information content (AvgIpc) is 2.23. The van der Waals surface area contributed by atoms with E-state index in [1.54, 1.807) is 19.1 Å². The van der Waals surface area contributed by atoms with Gasteiger partial charge in [-0.3, -0.25) is 0 Å². The van der Waals surface area contributed by atoms with Crippen molar-refractivity contribution in [1.29, 1.82) is 0 Å². The third-order valence-electron chi connectivity index (χ3n) is 1.99. The molecule has 17 heavy (non-hydrogen) atoms. The maximum absolute atomic E-state index is 11.3. The molecular formula is C11H12N2O4. The first-order chi connectivity index (χ1) is 7.90. The van der Waals surface area contributed by atoms with Crippen LogP contribution in [0.25, 0.3) is 0 Å². The van der Waals surface area contributed by atoms with Gasteiger partial charge in [-0.15, -0.1) is 0 Å². The number of urea groups is 1. The Morgan fingerprint density at radius 3 is 2.53 bits per heavy atom. The fourth-order valence-electron chi connectivity index (χ4n) is 1.04. The first kappa shape index (κ1) is 12.6. The summed E-state index contributed by atoms with van der Waals surface area (Å²) in [4.78, 5) is 21.7. The molecule has 0 aliphatic carbocycles. The lowest BCUT2D eigenvalue weighted by Gasteiger charge is -2.08. The third kappa shape index (κ3) is 3.53. The number of anilines is 1. The zero-order chi connectivity index (χ0) is 13.0. The lowest BCUT2D eigenvalue weighted by Crippen LogP contribution is -2.30. The highest BCUT2D eigenvalue weighted by Gasteiger charge is 2.09. The smallest absolute Gasteiger partial charge is 0.351 e. The van der Waals surface area contributed by atoms with Gasteiger partial charge in [0.25, 0.3) is 0 Å². The predicted octanol–water partition coefficient (Wildman–Crippen LogP) is 1.42. The molecule has 0 aliphatic heterocycles. The monoisotopic (exact) mass is 236 g/mol. The van der Waals surface area contributed by atoms with E-state index in [-0.39, 0.29) is 5.75 Å². The molecule has 0 saturated carbocycles. The van der Waals surface area contributed by atoms with Crippen molar-refractivity contribution in [2.24, 2.45) is 0 Å². The Morgan fingerprint density at radius 2 is 2.00 bits per heavy atom. The molecule has 0 fully saturated rings. The first-order valence-electron chi connectivity index (χ1n) is 4.70. The molecule has 0 saturated heterocycles. The molecule has 6 heteroatoms. The molecule has 0 spiro atoms. The number of benzene rings is 1. The van der Waals surface area contributed by atoms with Crippen LogP contribution in [0, 0.1) is 6.92 Å². The van der Waals surface area contributed by atoms with Crippen molar-refractivity contribution >= 4 is 17.7 Å². The molecule has 0 radical (unpaired) electrons. The minimum Gasteiger partial charge on any atom is -0.508 e. The van der Waals surface area contributed by atoms with E-state index in [9.17, 15) is 14.7 Å². The van der Waals surface area contributed by atoms with Crippen LogP contribution in [0.2, 0.25) is 0 Å². The van der Waals surface area contributed by atoms with E-state index in [0.29, 0.717) is 11.3 Å². The summed E-state index contributed by atoms with van der Waals surface area (Å²) in [6.07, 6.45) is 0. The fraction of sp³-hybridized carbons (Fsp3) is 0.0909. The fourth-order valence-corrected chi connectivity index (χ4v) is 1.04.